The van der Waals surface area contributed by atoms with Crippen LogP contribution in [0, 0.1) is 6.92 Å². The van der Waals surface area contributed by atoms with E-state index in [0.717, 1.165) is 47.8 Å². The maximum absolute atomic E-state index is 12.8. The lowest BCUT2D eigenvalue weighted by Crippen LogP contribution is -2.39. The van der Waals surface area contributed by atoms with Crippen molar-refractivity contribution in [3.8, 4) is 0 Å². The summed E-state index contributed by atoms with van der Waals surface area (Å²) < 4.78 is 0. The summed E-state index contributed by atoms with van der Waals surface area (Å²) in [6, 6.07) is 17.7. The Balaban J connectivity index is 1.54. The van der Waals surface area contributed by atoms with Crippen LogP contribution in [0.4, 0.5) is 0 Å². The van der Waals surface area contributed by atoms with Gasteiger partial charge in [0.1, 0.15) is 5.69 Å². The highest BCUT2D eigenvalue weighted by Gasteiger charge is 2.27. The third-order valence-corrected chi connectivity index (χ3v) is 5.77. The quantitative estimate of drug-likeness (QED) is 0.610. The van der Waals surface area contributed by atoms with Crippen LogP contribution in [0.5, 0.6) is 0 Å². The number of carbonyl (C=O) groups excluding carboxylic acids is 1. The summed E-state index contributed by atoms with van der Waals surface area (Å²) in [6.45, 7) is 3.47. The number of aromatic nitrogens is 2. The number of hydrogen-bond donors (Lipinski definition) is 0. The molecule has 1 aromatic carbocycles. The maximum Gasteiger partial charge on any atom is 0.272 e. The van der Waals surface area contributed by atoms with E-state index in [1.54, 1.807) is 12.3 Å². The molecule has 1 amide bonds. The van der Waals surface area contributed by atoms with Crippen molar-refractivity contribution >= 4 is 17.5 Å². The summed E-state index contributed by atoms with van der Waals surface area (Å²) in [4.78, 5) is 23.7. The van der Waals surface area contributed by atoms with Crippen LogP contribution in [0.3, 0.4) is 0 Å². The number of carbonyl (C=O) groups is 1. The number of likely N-dealkylation sites (tertiary alicyclic amines) is 1. The average Bonchev–Trinajstić information content (AvgIpc) is 2.75. The van der Waals surface area contributed by atoms with Crippen molar-refractivity contribution < 1.29 is 4.79 Å². The van der Waals surface area contributed by atoms with Gasteiger partial charge in [-0.3, -0.25) is 14.8 Å². The number of pyridine rings is 2. The molecule has 2 aromatic heterocycles. The Bertz CT molecular complexity index is 1010. The van der Waals surface area contributed by atoms with Gasteiger partial charge in [0.2, 0.25) is 0 Å². The van der Waals surface area contributed by atoms with E-state index in [9.17, 15) is 4.79 Å². The first-order valence-electron chi connectivity index (χ1n) is 10.0. The highest BCUT2D eigenvalue weighted by Crippen LogP contribution is 2.28. The first-order valence-corrected chi connectivity index (χ1v) is 10.4. The molecule has 0 aliphatic carbocycles. The van der Waals surface area contributed by atoms with Crippen molar-refractivity contribution in [3.05, 3.63) is 94.0 Å². The van der Waals surface area contributed by atoms with E-state index >= 15 is 0 Å². The van der Waals surface area contributed by atoms with E-state index in [1.165, 1.54) is 5.56 Å². The molecule has 29 heavy (non-hydrogen) atoms. The molecule has 5 heteroatoms. The van der Waals surface area contributed by atoms with Crippen molar-refractivity contribution in [2.24, 2.45) is 0 Å². The molecule has 0 spiro atoms. The normalized spacial score (nSPS) is 16.6. The van der Waals surface area contributed by atoms with E-state index in [4.69, 9.17) is 16.6 Å². The second-order valence-corrected chi connectivity index (χ2v) is 8.02. The number of rotatable bonds is 4. The number of hydrogen-bond acceptors (Lipinski definition) is 3. The second-order valence-electron chi connectivity index (χ2n) is 7.62. The number of nitrogens with zero attached hydrogens (tertiary/aromatic N) is 3. The lowest BCUT2D eigenvalue weighted by molar-refractivity contribution is 0.0700. The molecule has 0 bridgehead atoms. The summed E-state index contributed by atoms with van der Waals surface area (Å²) >= 11 is 6.35. The summed E-state index contributed by atoms with van der Waals surface area (Å²) in [5.41, 5.74) is 4.88. The van der Waals surface area contributed by atoms with Gasteiger partial charge in [0, 0.05) is 41.6 Å². The Hall–Kier alpha value is -2.72. The van der Waals surface area contributed by atoms with Crippen LogP contribution >= 0.6 is 11.6 Å². The lowest BCUT2D eigenvalue weighted by Gasteiger charge is -2.32. The molecule has 1 aliphatic heterocycles. The summed E-state index contributed by atoms with van der Waals surface area (Å²) in [7, 11) is 0. The Labute approximate surface area is 176 Å². The van der Waals surface area contributed by atoms with Gasteiger partial charge in [-0.15, -0.1) is 0 Å². The van der Waals surface area contributed by atoms with Gasteiger partial charge in [-0.25, -0.2) is 0 Å². The van der Waals surface area contributed by atoms with Crippen LogP contribution < -0.4 is 0 Å². The zero-order valence-corrected chi connectivity index (χ0v) is 17.3. The smallest absolute Gasteiger partial charge is 0.272 e. The zero-order valence-electron chi connectivity index (χ0n) is 16.5. The highest BCUT2D eigenvalue weighted by atomic mass is 35.5. The molecule has 0 radical (unpaired) electrons. The van der Waals surface area contributed by atoms with E-state index in [2.05, 4.69) is 23.2 Å². The van der Waals surface area contributed by atoms with Gasteiger partial charge in [0.05, 0.1) is 0 Å². The van der Waals surface area contributed by atoms with Crippen LogP contribution in [0.15, 0.2) is 60.8 Å². The fourth-order valence-electron chi connectivity index (χ4n) is 4.00. The molecule has 1 atom stereocenters. The molecular formula is C24H24ClN3O. The molecule has 4 rings (SSSR count). The highest BCUT2D eigenvalue weighted by molar-refractivity contribution is 6.31. The van der Waals surface area contributed by atoms with Crippen LogP contribution in [-0.4, -0.2) is 33.9 Å². The molecule has 3 heterocycles. The van der Waals surface area contributed by atoms with Crippen molar-refractivity contribution in [1.29, 1.82) is 0 Å². The third-order valence-electron chi connectivity index (χ3n) is 5.40. The first kappa shape index (κ1) is 19.6. The fraction of sp³-hybridized carbons (Fsp3) is 0.292. The number of amides is 1. The first-order chi connectivity index (χ1) is 14.1. The van der Waals surface area contributed by atoms with E-state index in [1.807, 2.05) is 42.2 Å². The molecule has 4 nitrogen and oxygen atoms in total. The van der Waals surface area contributed by atoms with Crippen LogP contribution in [0.1, 0.15) is 51.8 Å². The van der Waals surface area contributed by atoms with E-state index in [0.29, 0.717) is 12.2 Å². The minimum Gasteiger partial charge on any atom is -0.337 e. The largest absolute Gasteiger partial charge is 0.337 e. The molecule has 0 unspecified atom stereocenters. The Kier molecular flexibility index (Phi) is 5.91. The SMILES string of the molecule is Cc1cc(Cc2ccccc2Cl)cc([C@@H]2CCCN(C(=O)c3ccccn3)C2)n1. The van der Waals surface area contributed by atoms with Crippen molar-refractivity contribution in [2.75, 3.05) is 13.1 Å². The molecule has 1 aliphatic rings. The Morgan fingerprint density at radius 2 is 2.00 bits per heavy atom. The van der Waals surface area contributed by atoms with Crippen molar-refractivity contribution in [1.82, 2.24) is 14.9 Å². The van der Waals surface area contributed by atoms with E-state index < -0.39 is 0 Å². The fourth-order valence-corrected chi connectivity index (χ4v) is 4.20. The third kappa shape index (κ3) is 4.65. The van der Waals surface area contributed by atoms with Crippen LogP contribution in [-0.2, 0) is 6.42 Å². The van der Waals surface area contributed by atoms with E-state index in [-0.39, 0.29) is 11.8 Å². The predicted octanol–water partition coefficient (Wildman–Crippen LogP) is 5.05. The monoisotopic (exact) mass is 405 g/mol. The van der Waals surface area contributed by atoms with Crippen LogP contribution in [0.2, 0.25) is 5.02 Å². The van der Waals surface area contributed by atoms with Crippen molar-refractivity contribution in [2.45, 2.75) is 32.1 Å². The van der Waals surface area contributed by atoms with Gasteiger partial charge in [0.25, 0.3) is 5.91 Å². The zero-order chi connectivity index (χ0) is 20.2. The number of halogens is 1. The molecule has 3 aromatic rings. The van der Waals surface area contributed by atoms with Gasteiger partial charge in [-0.2, -0.15) is 0 Å². The Morgan fingerprint density at radius 3 is 2.79 bits per heavy atom. The molecular weight excluding hydrogens is 382 g/mol. The number of benzene rings is 1. The molecule has 1 saturated heterocycles. The second kappa shape index (κ2) is 8.75. The minimum atomic E-state index is -0.000700. The summed E-state index contributed by atoms with van der Waals surface area (Å²) in [5, 5.41) is 0.785. The molecule has 1 fully saturated rings. The van der Waals surface area contributed by atoms with Gasteiger partial charge in [-0.05, 0) is 67.6 Å². The summed E-state index contributed by atoms with van der Waals surface area (Å²) in [5.74, 6) is 0.237. The average molecular weight is 406 g/mol. The van der Waals surface area contributed by atoms with Crippen LogP contribution in [0.25, 0.3) is 0 Å². The summed E-state index contributed by atoms with van der Waals surface area (Å²) in [6.07, 6.45) is 4.45. The lowest BCUT2D eigenvalue weighted by atomic mass is 9.92. The molecule has 0 N–H and O–H groups in total. The Morgan fingerprint density at radius 1 is 1.17 bits per heavy atom. The van der Waals surface area contributed by atoms with Gasteiger partial charge in [0.15, 0.2) is 0 Å². The minimum absolute atomic E-state index is 0.000700. The predicted molar refractivity (Wildman–Crippen MR) is 115 cm³/mol. The molecule has 148 valence electrons. The molecule has 0 saturated carbocycles. The van der Waals surface area contributed by atoms with Gasteiger partial charge >= 0.3 is 0 Å². The topological polar surface area (TPSA) is 46.1 Å². The van der Waals surface area contributed by atoms with Gasteiger partial charge < -0.3 is 4.90 Å². The number of piperidine rings is 1. The van der Waals surface area contributed by atoms with Crippen molar-refractivity contribution in [3.63, 3.8) is 0 Å². The maximum atomic E-state index is 12.8. The van der Waals surface area contributed by atoms with Gasteiger partial charge in [-0.1, -0.05) is 35.9 Å². The standard InChI is InChI=1S/C24H24ClN3O/c1-17-13-18(14-19-7-2-3-9-21(19)25)15-23(27-17)20-8-6-12-28(16-20)24(29)22-10-4-5-11-26-22/h2-5,7,9-11,13,15,20H,6,8,12,14,16H2,1H3/t20-/m1/s1. The number of aryl methyl sites for hydroxylation is 1.